The maximum absolute atomic E-state index is 13.4. The first kappa shape index (κ1) is 20.0. The lowest BCUT2D eigenvalue weighted by Crippen LogP contribution is -2.52. The number of Topliss-reactive ketones (excluding diaryl/α,β-unsaturated/α-hetero) is 1. The standard InChI is InChI=1S/C22H17Cl4NO/c23-16-6-4-12(10-18(16)25)8-14-20-2-1-3-21(27-20)15(22(14)28)9-13-5-7-17(24)19(26)11-13/h4-11,20-21,27H,1-3H2/b14-8+,15-9+. The zero-order valence-electron chi connectivity index (χ0n) is 14.8. The second kappa shape index (κ2) is 8.22. The maximum Gasteiger partial charge on any atom is 0.188 e. The van der Waals surface area contributed by atoms with E-state index in [1.807, 2.05) is 24.3 Å². The molecule has 2 aromatic carbocycles. The van der Waals surface area contributed by atoms with Crippen molar-refractivity contribution in [1.82, 2.24) is 5.32 Å². The zero-order valence-corrected chi connectivity index (χ0v) is 17.8. The van der Waals surface area contributed by atoms with Crippen LogP contribution in [0.5, 0.6) is 0 Å². The largest absolute Gasteiger partial charge is 0.303 e. The molecule has 2 aromatic rings. The zero-order chi connectivity index (χ0) is 19.8. The molecule has 2 bridgehead atoms. The number of nitrogens with one attached hydrogen (secondary N) is 1. The number of ketones is 1. The van der Waals surface area contributed by atoms with Crippen molar-refractivity contribution in [3.8, 4) is 0 Å². The van der Waals surface area contributed by atoms with Gasteiger partial charge in [-0.25, -0.2) is 0 Å². The summed E-state index contributed by atoms with van der Waals surface area (Å²) in [6.07, 6.45) is 6.76. The van der Waals surface area contributed by atoms with E-state index in [-0.39, 0.29) is 17.9 Å². The Morgan fingerprint density at radius 1 is 0.750 bits per heavy atom. The summed E-state index contributed by atoms with van der Waals surface area (Å²) in [6.45, 7) is 0. The minimum Gasteiger partial charge on any atom is -0.303 e. The Balaban J connectivity index is 1.74. The Kier molecular flexibility index (Phi) is 5.87. The molecule has 2 heterocycles. The van der Waals surface area contributed by atoms with E-state index in [9.17, 15) is 4.79 Å². The molecule has 2 fully saturated rings. The molecule has 2 nitrogen and oxygen atoms in total. The number of hydrogen-bond acceptors (Lipinski definition) is 2. The van der Waals surface area contributed by atoms with Gasteiger partial charge in [0.25, 0.3) is 0 Å². The summed E-state index contributed by atoms with van der Waals surface area (Å²) in [5.41, 5.74) is 3.22. The monoisotopic (exact) mass is 451 g/mol. The van der Waals surface area contributed by atoms with Gasteiger partial charge in [0.2, 0.25) is 0 Å². The van der Waals surface area contributed by atoms with Gasteiger partial charge in [0, 0.05) is 23.2 Å². The lowest BCUT2D eigenvalue weighted by Gasteiger charge is -2.38. The topological polar surface area (TPSA) is 29.1 Å². The van der Waals surface area contributed by atoms with E-state index < -0.39 is 0 Å². The number of rotatable bonds is 2. The molecule has 6 heteroatoms. The molecular formula is C22H17Cl4NO. The molecule has 2 unspecified atom stereocenters. The third-order valence-corrected chi connectivity index (χ3v) is 6.67. The third-order valence-electron chi connectivity index (χ3n) is 5.19. The Hall–Kier alpha value is -1.29. The highest BCUT2D eigenvalue weighted by Crippen LogP contribution is 2.34. The predicted octanol–water partition coefficient (Wildman–Crippen LogP) is 6.86. The van der Waals surface area contributed by atoms with Crippen molar-refractivity contribution in [2.24, 2.45) is 0 Å². The molecule has 1 N–H and O–H groups in total. The van der Waals surface area contributed by atoms with Crippen LogP contribution in [0, 0.1) is 0 Å². The summed E-state index contributed by atoms with van der Waals surface area (Å²) < 4.78 is 0. The summed E-state index contributed by atoms with van der Waals surface area (Å²) in [6, 6.07) is 10.9. The molecule has 0 spiro atoms. The highest BCUT2D eigenvalue weighted by atomic mass is 35.5. The van der Waals surface area contributed by atoms with Gasteiger partial charge in [0.1, 0.15) is 0 Å². The van der Waals surface area contributed by atoms with Crippen LogP contribution < -0.4 is 5.32 Å². The average molecular weight is 453 g/mol. The predicted molar refractivity (Wildman–Crippen MR) is 118 cm³/mol. The van der Waals surface area contributed by atoms with Crippen LogP contribution in [-0.4, -0.2) is 17.9 Å². The van der Waals surface area contributed by atoms with Gasteiger partial charge in [-0.1, -0.05) is 58.5 Å². The van der Waals surface area contributed by atoms with Crippen molar-refractivity contribution in [2.75, 3.05) is 0 Å². The SMILES string of the molecule is O=C1/C(=C/c2ccc(Cl)c(Cl)c2)C2CCCC(N2)/C1=C\c1ccc(Cl)c(Cl)c1. The molecule has 0 aromatic heterocycles. The van der Waals surface area contributed by atoms with Gasteiger partial charge in [-0.3, -0.25) is 4.79 Å². The van der Waals surface area contributed by atoms with Gasteiger partial charge >= 0.3 is 0 Å². The van der Waals surface area contributed by atoms with Crippen LogP contribution in [0.1, 0.15) is 30.4 Å². The van der Waals surface area contributed by atoms with Gasteiger partial charge in [0.05, 0.1) is 20.1 Å². The van der Waals surface area contributed by atoms with Gasteiger partial charge in [-0.15, -0.1) is 0 Å². The normalized spacial score (nSPS) is 24.8. The molecule has 28 heavy (non-hydrogen) atoms. The van der Waals surface area contributed by atoms with E-state index in [1.165, 1.54) is 0 Å². The van der Waals surface area contributed by atoms with Crippen molar-refractivity contribution in [1.29, 1.82) is 0 Å². The molecule has 0 radical (unpaired) electrons. The summed E-state index contributed by atoms with van der Waals surface area (Å²) in [7, 11) is 0. The first-order valence-electron chi connectivity index (χ1n) is 9.06. The smallest absolute Gasteiger partial charge is 0.188 e. The number of halogens is 4. The van der Waals surface area contributed by atoms with Crippen LogP contribution in [0.3, 0.4) is 0 Å². The third kappa shape index (κ3) is 4.03. The molecule has 2 atom stereocenters. The summed E-state index contributed by atoms with van der Waals surface area (Å²) in [5.74, 6) is 0.0607. The number of piperidine rings is 2. The number of carbonyl (C=O) groups is 1. The fraction of sp³-hybridized carbons (Fsp3) is 0.227. The Bertz CT molecular complexity index is 934. The van der Waals surface area contributed by atoms with Gasteiger partial charge in [-0.05, 0) is 66.8 Å². The van der Waals surface area contributed by atoms with Crippen LogP contribution in [0.4, 0.5) is 0 Å². The number of benzene rings is 2. The molecule has 2 aliphatic heterocycles. The van der Waals surface area contributed by atoms with Gasteiger partial charge in [0.15, 0.2) is 5.78 Å². The molecule has 0 aliphatic carbocycles. The van der Waals surface area contributed by atoms with Crippen molar-refractivity contribution in [3.05, 3.63) is 78.8 Å². The number of hydrogen-bond donors (Lipinski definition) is 1. The van der Waals surface area contributed by atoms with Gasteiger partial charge in [-0.2, -0.15) is 0 Å². The molecule has 2 aliphatic rings. The van der Waals surface area contributed by atoms with Crippen LogP contribution in [-0.2, 0) is 4.79 Å². The second-order valence-corrected chi connectivity index (χ2v) is 8.71. The first-order valence-corrected chi connectivity index (χ1v) is 10.6. The Morgan fingerprint density at radius 3 is 1.64 bits per heavy atom. The van der Waals surface area contributed by atoms with Crippen LogP contribution in [0.2, 0.25) is 20.1 Å². The summed E-state index contributed by atoms with van der Waals surface area (Å²) in [4.78, 5) is 13.4. The molecule has 0 saturated carbocycles. The van der Waals surface area contributed by atoms with Crippen LogP contribution >= 0.6 is 46.4 Å². The molecule has 0 amide bonds. The minimum absolute atomic E-state index is 0.0478. The van der Waals surface area contributed by atoms with Gasteiger partial charge < -0.3 is 5.32 Å². The lowest BCUT2D eigenvalue weighted by molar-refractivity contribution is -0.113. The van der Waals surface area contributed by atoms with Crippen LogP contribution in [0.25, 0.3) is 12.2 Å². The molecule has 144 valence electrons. The molecule has 4 rings (SSSR count). The van der Waals surface area contributed by atoms with Crippen molar-refractivity contribution >= 4 is 64.3 Å². The van der Waals surface area contributed by atoms with E-state index >= 15 is 0 Å². The maximum atomic E-state index is 13.4. The molecular weight excluding hydrogens is 436 g/mol. The highest BCUT2D eigenvalue weighted by molar-refractivity contribution is 6.42. The van der Waals surface area contributed by atoms with E-state index in [1.54, 1.807) is 24.3 Å². The van der Waals surface area contributed by atoms with E-state index in [2.05, 4.69) is 5.32 Å². The second-order valence-electron chi connectivity index (χ2n) is 7.08. The van der Waals surface area contributed by atoms with E-state index in [4.69, 9.17) is 46.4 Å². The Morgan fingerprint density at radius 2 is 1.21 bits per heavy atom. The van der Waals surface area contributed by atoms with E-state index in [0.29, 0.717) is 20.1 Å². The summed E-state index contributed by atoms with van der Waals surface area (Å²) in [5, 5.41) is 5.54. The summed E-state index contributed by atoms with van der Waals surface area (Å²) >= 11 is 24.3. The van der Waals surface area contributed by atoms with Crippen molar-refractivity contribution in [2.45, 2.75) is 31.3 Å². The molecule has 2 saturated heterocycles. The number of fused-ring (bicyclic) bond motifs is 2. The van der Waals surface area contributed by atoms with E-state index in [0.717, 1.165) is 41.5 Å². The lowest BCUT2D eigenvalue weighted by atomic mass is 9.78. The quantitative estimate of drug-likeness (QED) is 0.504. The first-order chi connectivity index (χ1) is 13.4. The number of carbonyl (C=O) groups excluding carboxylic acids is 1. The average Bonchev–Trinajstić information content (AvgIpc) is 2.68. The fourth-order valence-corrected chi connectivity index (χ4v) is 4.42. The van der Waals surface area contributed by atoms with Crippen LogP contribution in [0.15, 0.2) is 47.5 Å². The highest BCUT2D eigenvalue weighted by Gasteiger charge is 2.37. The van der Waals surface area contributed by atoms with Crippen molar-refractivity contribution in [3.63, 3.8) is 0 Å². The van der Waals surface area contributed by atoms with Crippen molar-refractivity contribution < 1.29 is 4.79 Å². The fourth-order valence-electron chi connectivity index (χ4n) is 3.81. The minimum atomic E-state index is 0.0478. The Labute approximate surface area is 184 Å².